The van der Waals surface area contributed by atoms with Gasteiger partial charge in [0.2, 0.25) is 6.29 Å². The van der Waals surface area contributed by atoms with Gasteiger partial charge in [0.1, 0.15) is 18.0 Å². The third-order valence-corrected chi connectivity index (χ3v) is 4.95. The first-order valence-corrected chi connectivity index (χ1v) is 8.97. The first kappa shape index (κ1) is 22.7. The zero-order valence-electron chi connectivity index (χ0n) is 15.0. The highest BCUT2D eigenvalue weighted by atomic mass is 35.5. The Hall–Kier alpha value is -1.98. The maximum absolute atomic E-state index is 13.6. The number of benzene rings is 2. The molecule has 1 heterocycles. The van der Waals surface area contributed by atoms with E-state index >= 15 is 0 Å². The van der Waals surface area contributed by atoms with Crippen LogP contribution in [-0.4, -0.2) is 46.1 Å². The van der Waals surface area contributed by atoms with E-state index in [9.17, 15) is 37.3 Å². The molecule has 0 saturated carbocycles. The number of halogens is 6. The van der Waals surface area contributed by atoms with Crippen LogP contribution in [0, 0.1) is 0 Å². The monoisotopic (exact) mass is 454 g/mol. The molecule has 1 aliphatic rings. The molecule has 0 unspecified atom stereocenters. The van der Waals surface area contributed by atoms with Gasteiger partial charge in [0, 0.05) is 5.02 Å². The van der Waals surface area contributed by atoms with Gasteiger partial charge in [-0.05, 0) is 41.3 Å². The van der Waals surface area contributed by atoms with Gasteiger partial charge in [-0.15, -0.1) is 13.2 Å². The molecule has 0 bridgehead atoms. The zero-order valence-corrected chi connectivity index (χ0v) is 15.7. The van der Waals surface area contributed by atoms with Crippen molar-refractivity contribution in [3.05, 3.63) is 64.2 Å². The van der Waals surface area contributed by atoms with Crippen molar-refractivity contribution in [1.29, 1.82) is 0 Å². The highest BCUT2D eigenvalue weighted by Gasteiger charge is 2.57. The first-order chi connectivity index (χ1) is 13.9. The molecule has 5 nitrogen and oxygen atoms in total. The lowest BCUT2D eigenvalue weighted by Gasteiger charge is -2.40. The Bertz CT molecular complexity index is 890. The summed E-state index contributed by atoms with van der Waals surface area (Å²) in [6, 6.07) is 9.26. The lowest BCUT2D eigenvalue weighted by atomic mass is 9.91. The van der Waals surface area contributed by atoms with Crippen LogP contribution in [0.4, 0.5) is 22.0 Å². The summed E-state index contributed by atoms with van der Waals surface area (Å²) in [4.78, 5) is 0. The molecule has 3 N–H and O–H groups in total. The van der Waals surface area contributed by atoms with Crippen molar-refractivity contribution >= 4 is 11.6 Å². The number of rotatable bonds is 4. The highest BCUT2D eigenvalue weighted by molar-refractivity contribution is 6.31. The van der Waals surface area contributed by atoms with E-state index < -0.39 is 42.6 Å². The Kier molecular flexibility index (Phi) is 6.26. The van der Waals surface area contributed by atoms with E-state index in [0.29, 0.717) is 11.1 Å². The standard InChI is InChI=1S/C19H16ClF5O5/c20-13-6-3-10(15-14(26)16(27)18(21,22)17(28)29-15)8-11(13)7-9-1-4-12(5-2-9)30-19(23,24)25/h1-6,8,14-17,26-28H,7H2/t14-,15-,16+,17-/m0/s1. The van der Waals surface area contributed by atoms with Crippen LogP contribution in [0.3, 0.4) is 0 Å². The van der Waals surface area contributed by atoms with Gasteiger partial charge in [-0.1, -0.05) is 35.9 Å². The van der Waals surface area contributed by atoms with Crippen molar-refractivity contribution in [1.82, 2.24) is 0 Å². The summed E-state index contributed by atoms with van der Waals surface area (Å²) in [6.45, 7) is 0. The first-order valence-electron chi connectivity index (χ1n) is 8.59. The molecule has 3 rings (SSSR count). The minimum atomic E-state index is -4.81. The Morgan fingerprint density at radius 1 is 1.03 bits per heavy atom. The van der Waals surface area contributed by atoms with Crippen LogP contribution in [0.5, 0.6) is 5.75 Å². The number of ether oxygens (including phenoxy) is 2. The van der Waals surface area contributed by atoms with Gasteiger partial charge in [0.25, 0.3) is 0 Å². The van der Waals surface area contributed by atoms with Crippen LogP contribution in [0.25, 0.3) is 0 Å². The van der Waals surface area contributed by atoms with Gasteiger partial charge in [-0.25, -0.2) is 0 Å². The second-order valence-corrected chi connectivity index (χ2v) is 7.15. The molecular weight excluding hydrogens is 439 g/mol. The van der Waals surface area contributed by atoms with Crippen molar-refractivity contribution in [3.8, 4) is 5.75 Å². The molecule has 11 heteroatoms. The van der Waals surface area contributed by atoms with E-state index in [-0.39, 0.29) is 17.0 Å². The van der Waals surface area contributed by atoms with E-state index in [1.54, 1.807) is 0 Å². The van der Waals surface area contributed by atoms with Crippen molar-refractivity contribution in [2.45, 2.75) is 43.3 Å². The SMILES string of the molecule is O[C@@H]1[C@@H](O)C(F)(F)[C@@H](O)O[C@H]1c1ccc(Cl)c(Cc2ccc(OC(F)(F)F)cc2)c1. The zero-order chi connectivity index (χ0) is 22.3. The summed E-state index contributed by atoms with van der Waals surface area (Å²) >= 11 is 6.15. The molecule has 0 amide bonds. The summed E-state index contributed by atoms with van der Waals surface area (Å²) in [5.74, 6) is -4.44. The van der Waals surface area contributed by atoms with Gasteiger partial charge in [-0.3, -0.25) is 0 Å². The van der Waals surface area contributed by atoms with E-state index in [1.807, 2.05) is 0 Å². The van der Waals surface area contributed by atoms with Gasteiger partial charge >= 0.3 is 12.3 Å². The van der Waals surface area contributed by atoms with Crippen LogP contribution < -0.4 is 4.74 Å². The molecule has 0 aromatic heterocycles. The van der Waals surface area contributed by atoms with Gasteiger partial charge < -0.3 is 24.8 Å². The average molecular weight is 455 g/mol. The number of aliphatic hydroxyl groups excluding tert-OH is 3. The summed E-state index contributed by atoms with van der Waals surface area (Å²) in [6.07, 6.45) is -13.3. The molecule has 4 atom stereocenters. The predicted octanol–water partition coefficient (Wildman–Crippen LogP) is 3.58. The second-order valence-electron chi connectivity index (χ2n) is 6.74. The van der Waals surface area contributed by atoms with Gasteiger partial charge in [-0.2, -0.15) is 8.78 Å². The van der Waals surface area contributed by atoms with Crippen molar-refractivity contribution in [2.75, 3.05) is 0 Å². The van der Waals surface area contributed by atoms with Gasteiger partial charge in [0.05, 0.1) is 0 Å². The Balaban J connectivity index is 1.81. The van der Waals surface area contributed by atoms with Gasteiger partial charge in [0.15, 0.2) is 6.10 Å². The average Bonchev–Trinajstić information content (AvgIpc) is 2.66. The fourth-order valence-electron chi connectivity index (χ4n) is 3.06. The number of hydrogen-bond donors (Lipinski definition) is 3. The third-order valence-electron chi connectivity index (χ3n) is 4.58. The smallest absolute Gasteiger partial charge is 0.406 e. The quantitative estimate of drug-likeness (QED) is 0.616. The molecule has 1 saturated heterocycles. The summed E-state index contributed by atoms with van der Waals surface area (Å²) in [5.41, 5.74) is 1.20. The molecule has 164 valence electrons. The molecule has 2 aromatic rings. The number of hydrogen-bond acceptors (Lipinski definition) is 5. The molecule has 1 aliphatic heterocycles. The van der Waals surface area contributed by atoms with Crippen LogP contribution in [-0.2, 0) is 11.2 Å². The number of alkyl halides is 5. The second kappa shape index (κ2) is 8.27. The fourth-order valence-corrected chi connectivity index (χ4v) is 3.25. The largest absolute Gasteiger partial charge is 0.573 e. The Morgan fingerprint density at radius 3 is 2.27 bits per heavy atom. The lowest BCUT2D eigenvalue weighted by molar-refractivity contribution is -0.345. The number of aliphatic hydroxyl groups is 3. The molecule has 2 aromatic carbocycles. The lowest BCUT2D eigenvalue weighted by Crippen LogP contribution is -2.58. The topological polar surface area (TPSA) is 79.2 Å². The molecule has 0 aliphatic carbocycles. The van der Waals surface area contributed by atoms with Crippen LogP contribution >= 0.6 is 11.6 Å². The molecule has 30 heavy (non-hydrogen) atoms. The molecule has 0 spiro atoms. The van der Waals surface area contributed by atoms with Crippen LogP contribution in [0.15, 0.2) is 42.5 Å². The minimum absolute atomic E-state index is 0.156. The van der Waals surface area contributed by atoms with E-state index in [4.69, 9.17) is 16.3 Å². The summed E-state index contributed by atoms with van der Waals surface area (Å²) in [7, 11) is 0. The maximum atomic E-state index is 13.6. The molecule has 0 radical (unpaired) electrons. The van der Waals surface area contributed by atoms with Crippen LogP contribution in [0.2, 0.25) is 5.02 Å². The van der Waals surface area contributed by atoms with Crippen molar-refractivity contribution in [3.63, 3.8) is 0 Å². The van der Waals surface area contributed by atoms with E-state index in [1.165, 1.54) is 30.3 Å². The van der Waals surface area contributed by atoms with Crippen molar-refractivity contribution in [2.24, 2.45) is 0 Å². The Labute approximate surface area is 172 Å². The van der Waals surface area contributed by atoms with Crippen LogP contribution in [0.1, 0.15) is 22.8 Å². The summed E-state index contributed by atoms with van der Waals surface area (Å²) < 4.78 is 72.6. The predicted molar refractivity (Wildman–Crippen MR) is 94.2 cm³/mol. The minimum Gasteiger partial charge on any atom is -0.406 e. The normalized spacial score (nSPS) is 26.4. The Morgan fingerprint density at radius 2 is 1.67 bits per heavy atom. The molecular formula is C19H16ClF5O5. The third kappa shape index (κ3) is 4.84. The van der Waals surface area contributed by atoms with E-state index in [0.717, 1.165) is 12.1 Å². The maximum Gasteiger partial charge on any atom is 0.573 e. The fraction of sp³-hybridized carbons (Fsp3) is 0.368. The van der Waals surface area contributed by atoms with Crippen molar-refractivity contribution < 1.29 is 46.7 Å². The highest BCUT2D eigenvalue weighted by Crippen LogP contribution is 2.40. The van der Waals surface area contributed by atoms with E-state index in [2.05, 4.69) is 4.74 Å². The molecule has 1 fully saturated rings. The summed E-state index contributed by atoms with van der Waals surface area (Å²) in [5, 5.41) is 29.4.